The van der Waals surface area contributed by atoms with Crippen LogP contribution < -0.4 is 0 Å². The minimum Gasteiger partial charge on any atom is -0.302 e. The van der Waals surface area contributed by atoms with E-state index in [1.807, 2.05) is 6.07 Å². The second-order valence-electron chi connectivity index (χ2n) is 2.67. The third-order valence-corrected chi connectivity index (χ3v) is 1.60. The van der Waals surface area contributed by atoms with Crippen molar-refractivity contribution >= 4 is 6.29 Å². The first-order chi connectivity index (χ1) is 6.77. The standard InChI is InChI=1S/C11H8N2O/c1-9-6-10(4-2-3-5-14)8-13-11(9)7-12/h5-6,8H,3H2,1H3. The molecule has 0 saturated carbocycles. The zero-order chi connectivity index (χ0) is 10.4. The van der Waals surface area contributed by atoms with Crippen LogP contribution in [-0.2, 0) is 4.79 Å². The van der Waals surface area contributed by atoms with E-state index in [1.165, 1.54) is 6.20 Å². The molecule has 0 atom stereocenters. The first kappa shape index (κ1) is 9.95. The molecule has 14 heavy (non-hydrogen) atoms. The summed E-state index contributed by atoms with van der Waals surface area (Å²) in [6.45, 7) is 1.80. The van der Waals surface area contributed by atoms with E-state index in [-0.39, 0.29) is 6.42 Å². The third-order valence-electron chi connectivity index (χ3n) is 1.60. The average molecular weight is 184 g/mol. The van der Waals surface area contributed by atoms with Gasteiger partial charge in [-0.2, -0.15) is 5.26 Å². The normalized spacial score (nSPS) is 8.29. The van der Waals surface area contributed by atoms with Crippen molar-refractivity contribution in [2.45, 2.75) is 13.3 Å². The van der Waals surface area contributed by atoms with Crippen molar-refractivity contribution in [2.24, 2.45) is 0 Å². The maximum Gasteiger partial charge on any atom is 0.143 e. The van der Waals surface area contributed by atoms with E-state index in [1.54, 1.807) is 13.0 Å². The molecule has 0 aromatic carbocycles. The highest BCUT2D eigenvalue weighted by molar-refractivity contribution is 5.55. The molecule has 0 spiro atoms. The maximum atomic E-state index is 10.0. The van der Waals surface area contributed by atoms with Crippen LogP contribution in [-0.4, -0.2) is 11.3 Å². The summed E-state index contributed by atoms with van der Waals surface area (Å²) in [5.41, 5.74) is 1.93. The molecule has 0 fully saturated rings. The monoisotopic (exact) mass is 184 g/mol. The maximum absolute atomic E-state index is 10.0. The summed E-state index contributed by atoms with van der Waals surface area (Å²) in [5.74, 6) is 5.46. The van der Waals surface area contributed by atoms with Gasteiger partial charge in [-0.05, 0) is 18.6 Å². The minimum absolute atomic E-state index is 0.221. The highest BCUT2D eigenvalue weighted by Gasteiger charge is 1.97. The Hall–Kier alpha value is -2.13. The van der Waals surface area contributed by atoms with E-state index >= 15 is 0 Å². The van der Waals surface area contributed by atoms with Crippen molar-refractivity contribution in [3.05, 3.63) is 29.1 Å². The SMILES string of the molecule is Cc1cc(C#CCC=O)cnc1C#N. The summed E-state index contributed by atoms with van der Waals surface area (Å²) in [6, 6.07) is 3.76. The second-order valence-corrected chi connectivity index (χ2v) is 2.67. The summed E-state index contributed by atoms with van der Waals surface area (Å²) in [4.78, 5) is 13.9. The quantitative estimate of drug-likeness (QED) is 0.486. The van der Waals surface area contributed by atoms with Crippen LogP contribution >= 0.6 is 0 Å². The van der Waals surface area contributed by atoms with Gasteiger partial charge in [-0.1, -0.05) is 11.8 Å². The number of hydrogen-bond donors (Lipinski definition) is 0. The highest BCUT2D eigenvalue weighted by atomic mass is 16.1. The molecule has 3 heteroatoms. The van der Waals surface area contributed by atoms with Gasteiger partial charge < -0.3 is 4.79 Å². The fourth-order valence-corrected chi connectivity index (χ4v) is 0.955. The van der Waals surface area contributed by atoms with Crippen LogP contribution in [0.25, 0.3) is 0 Å². The smallest absolute Gasteiger partial charge is 0.143 e. The lowest BCUT2D eigenvalue weighted by Crippen LogP contribution is -1.89. The molecule has 0 aliphatic rings. The van der Waals surface area contributed by atoms with Crippen LogP contribution in [0.2, 0.25) is 0 Å². The van der Waals surface area contributed by atoms with Crippen molar-refractivity contribution in [2.75, 3.05) is 0 Å². The van der Waals surface area contributed by atoms with E-state index < -0.39 is 0 Å². The molecule has 1 aromatic heterocycles. The Morgan fingerprint density at radius 1 is 1.64 bits per heavy atom. The number of nitrogens with zero attached hydrogens (tertiary/aromatic N) is 2. The molecule has 0 saturated heterocycles. The largest absolute Gasteiger partial charge is 0.302 e. The Morgan fingerprint density at radius 2 is 2.43 bits per heavy atom. The van der Waals surface area contributed by atoms with Crippen LogP contribution in [0.15, 0.2) is 12.3 Å². The van der Waals surface area contributed by atoms with E-state index in [0.29, 0.717) is 5.69 Å². The highest BCUT2D eigenvalue weighted by Crippen LogP contribution is 2.05. The van der Waals surface area contributed by atoms with Gasteiger partial charge in [0.15, 0.2) is 0 Å². The molecule has 0 radical (unpaired) electrons. The first-order valence-electron chi connectivity index (χ1n) is 4.07. The Kier molecular flexibility index (Phi) is 3.41. The van der Waals surface area contributed by atoms with Crippen LogP contribution in [0.5, 0.6) is 0 Å². The average Bonchev–Trinajstić information content (AvgIpc) is 2.18. The molecule has 0 aliphatic heterocycles. The number of aldehydes is 1. The zero-order valence-corrected chi connectivity index (χ0v) is 7.74. The lowest BCUT2D eigenvalue weighted by molar-refractivity contribution is -0.107. The van der Waals surface area contributed by atoms with Gasteiger partial charge in [0.25, 0.3) is 0 Å². The van der Waals surface area contributed by atoms with Crippen LogP contribution in [0.1, 0.15) is 23.2 Å². The van der Waals surface area contributed by atoms with E-state index in [0.717, 1.165) is 17.4 Å². The molecule has 1 aromatic rings. The number of aryl methyl sites for hydroxylation is 1. The van der Waals surface area contributed by atoms with Crippen molar-refractivity contribution in [1.82, 2.24) is 4.98 Å². The summed E-state index contributed by atoms with van der Waals surface area (Å²) in [5, 5.41) is 8.63. The van der Waals surface area contributed by atoms with Gasteiger partial charge in [-0.3, -0.25) is 0 Å². The van der Waals surface area contributed by atoms with Gasteiger partial charge in [-0.25, -0.2) is 4.98 Å². The van der Waals surface area contributed by atoms with Crippen LogP contribution in [0.3, 0.4) is 0 Å². The van der Waals surface area contributed by atoms with Gasteiger partial charge in [0.2, 0.25) is 0 Å². The number of carbonyl (C=O) groups excluding carboxylic acids is 1. The van der Waals surface area contributed by atoms with Crippen molar-refractivity contribution in [1.29, 1.82) is 5.26 Å². The summed E-state index contributed by atoms with van der Waals surface area (Å²) >= 11 is 0. The van der Waals surface area contributed by atoms with Crippen LogP contribution in [0.4, 0.5) is 0 Å². The number of aromatic nitrogens is 1. The fraction of sp³-hybridized carbons (Fsp3) is 0.182. The first-order valence-corrected chi connectivity index (χ1v) is 4.07. The van der Waals surface area contributed by atoms with Gasteiger partial charge in [0.1, 0.15) is 18.0 Å². The molecule has 0 amide bonds. The lowest BCUT2D eigenvalue weighted by atomic mass is 10.1. The fourth-order valence-electron chi connectivity index (χ4n) is 0.955. The minimum atomic E-state index is 0.221. The molecule has 0 unspecified atom stereocenters. The third kappa shape index (κ3) is 2.43. The van der Waals surface area contributed by atoms with Gasteiger partial charge in [0, 0.05) is 11.8 Å². The molecule has 1 heterocycles. The molecule has 1 rings (SSSR count). The zero-order valence-electron chi connectivity index (χ0n) is 7.74. The number of hydrogen-bond acceptors (Lipinski definition) is 3. The number of pyridine rings is 1. The van der Waals surface area contributed by atoms with E-state index in [2.05, 4.69) is 16.8 Å². The summed E-state index contributed by atoms with van der Waals surface area (Å²) in [7, 11) is 0. The number of rotatable bonds is 1. The van der Waals surface area contributed by atoms with Gasteiger partial charge >= 0.3 is 0 Å². The predicted octanol–water partition coefficient (Wildman–Crippen LogP) is 1.20. The molecule has 0 N–H and O–H groups in total. The Morgan fingerprint density at radius 3 is 3.00 bits per heavy atom. The molecular formula is C11H8N2O. The summed E-state index contributed by atoms with van der Waals surface area (Å²) < 4.78 is 0. The van der Waals surface area contributed by atoms with Crippen molar-refractivity contribution in [3.63, 3.8) is 0 Å². The topological polar surface area (TPSA) is 53.8 Å². The molecule has 68 valence electrons. The Labute approximate surface area is 82.4 Å². The number of carbonyl (C=O) groups is 1. The van der Waals surface area contributed by atoms with E-state index in [4.69, 9.17) is 5.26 Å². The molecular weight excluding hydrogens is 176 g/mol. The molecule has 3 nitrogen and oxygen atoms in total. The number of nitriles is 1. The Bertz CT molecular complexity index is 447. The van der Waals surface area contributed by atoms with Gasteiger partial charge in [-0.15, -0.1) is 0 Å². The van der Waals surface area contributed by atoms with Gasteiger partial charge in [0.05, 0.1) is 6.42 Å². The molecule has 0 aliphatic carbocycles. The molecule has 0 bridgehead atoms. The predicted molar refractivity (Wildman–Crippen MR) is 51.2 cm³/mol. The van der Waals surface area contributed by atoms with Crippen LogP contribution in [0, 0.1) is 30.1 Å². The lowest BCUT2D eigenvalue weighted by Gasteiger charge is -1.95. The van der Waals surface area contributed by atoms with Crippen molar-refractivity contribution in [3.8, 4) is 17.9 Å². The van der Waals surface area contributed by atoms with Crippen molar-refractivity contribution < 1.29 is 4.79 Å². The van der Waals surface area contributed by atoms with E-state index in [9.17, 15) is 4.79 Å². The Balaban J connectivity index is 2.95. The second kappa shape index (κ2) is 4.79. The summed E-state index contributed by atoms with van der Waals surface area (Å²) in [6.07, 6.45) is 2.50.